The first-order valence-corrected chi connectivity index (χ1v) is 7.48. The van der Waals surface area contributed by atoms with Crippen molar-refractivity contribution in [1.82, 2.24) is 0 Å². The fourth-order valence-corrected chi connectivity index (χ4v) is 2.24. The molecule has 0 aliphatic rings. The predicted octanol–water partition coefficient (Wildman–Crippen LogP) is 2.31. The van der Waals surface area contributed by atoms with Gasteiger partial charge in [-0.1, -0.05) is 24.3 Å². The first kappa shape index (κ1) is 17.3. The van der Waals surface area contributed by atoms with E-state index in [4.69, 9.17) is 4.74 Å². The molecule has 5 nitrogen and oxygen atoms in total. The summed E-state index contributed by atoms with van der Waals surface area (Å²) in [6.07, 6.45) is -3.12. The van der Waals surface area contributed by atoms with Crippen molar-refractivity contribution in [3.05, 3.63) is 59.7 Å². The largest absolute Gasteiger partial charge is 0.508 e. The molecule has 0 aliphatic heterocycles. The van der Waals surface area contributed by atoms with Crippen LogP contribution in [0.25, 0.3) is 0 Å². The van der Waals surface area contributed by atoms with Crippen LogP contribution in [-0.2, 0) is 0 Å². The van der Waals surface area contributed by atoms with Crippen LogP contribution in [0.2, 0.25) is 0 Å². The van der Waals surface area contributed by atoms with Gasteiger partial charge in [-0.3, -0.25) is 0 Å². The molecule has 0 radical (unpaired) electrons. The maximum Gasteiger partial charge on any atom is 0.126 e. The number of ether oxygens (including phenoxy) is 1. The van der Waals surface area contributed by atoms with E-state index in [9.17, 15) is 20.4 Å². The van der Waals surface area contributed by atoms with Crippen molar-refractivity contribution in [3.63, 3.8) is 0 Å². The van der Waals surface area contributed by atoms with Crippen molar-refractivity contribution in [2.24, 2.45) is 0 Å². The zero-order valence-corrected chi connectivity index (χ0v) is 13.1. The Hall–Kier alpha value is -2.08. The molecule has 0 spiro atoms. The van der Waals surface area contributed by atoms with E-state index >= 15 is 0 Å². The quantitative estimate of drug-likeness (QED) is 0.656. The first-order valence-electron chi connectivity index (χ1n) is 7.48. The first-order chi connectivity index (χ1) is 10.9. The molecule has 0 saturated carbocycles. The summed E-state index contributed by atoms with van der Waals surface area (Å²) in [5, 5.41) is 38.7. The lowest BCUT2D eigenvalue weighted by molar-refractivity contribution is 0.0302. The van der Waals surface area contributed by atoms with Crippen molar-refractivity contribution in [2.75, 3.05) is 0 Å². The SMILES string of the molecule is C[C@H](O)[C@@H](O)c1ccc(O[C@@H](C)[C@H](O)c2ccc(O)cc2)cc1. The van der Waals surface area contributed by atoms with Gasteiger partial charge in [0.1, 0.15) is 29.8 Å². The number of phenols is 1. The molecule has 0 fully saturated rings. The van der Waals surface area contributed by atoms with Gasteiger partial charge in [0.05, 0.1) is 6.10 Å². The van der Waals surface area contributed by atoms with Gasteiger partial charge >= 0.3 is 0 Å². The molecular formula is C18H22O5. The smallest absolute Gasteiger partial charge is 0.126 e. The Morgan fingerprint density at radius 2 is 1.22 bits per heavy atom. The molecule has 2 aromatic rings. The Balaban J connectivity index is 2.02. The third-order valence-corrected chi connectivity index (χ3v) is 3.68. The highest BCUT2D eigenvalue weighted by molar-refractivity contribution is 5.30. The number of aliphatic hydroxyl groups is 3. The summed E-state index contributed by atoms with van der Waals surface area (Å²) < 4.78 is 5.70. The molecule has 0 aliphatic carbocycles. The molecule has 2 aromatic carbocycles. The third-order valence-electron chi connectivity index (χ3n) is 3.68. The van der Waals surface area contributed by atoms with Crippen LogP contribution in [0.1, 0.15) is 37.2 Å². The molecule has 0 heterocycles. The average molecular weight is 318 g/mol. The molecule has 0 saturated heterocycles. The molecule has 0 unspecified atom stereocenters. The van der Waals surface area contributed by atoms with E-state index in [1.165, 1.54) is 19.1 Å². The number of rotatable bonds is 6. The highest BCUT2D eigenvalue weighted by atomic mass is 16.5. The van der Waals surface area contributed by atoms with E-state index < -0.39 is 24.4 Å². The Labute approximate surface area is 135 Å². The number of aromatic hydroxyl groups is 1. The summed E-state index contributed by atoms with van der Waals surface area (Å²) in [5.41, 5.74) is 1.25. The second kappa shape index (κ2) is 7.46. The fraction of sp³-hybridized carbons (Fsp3) is 0.333. The fourth-order valence-electron chi connectivity index (χ4n) is 2.24. The zero-order valence-electron chi connectivity index (χ0n) is 13.1. The monoisotopic (exact) mass is 318 g/mol. The van der Waals surface area contributed by atoms with Crippen LogP contribution in [0, 0.1) is 0 Å². The minimum atomic E-state index is -0.941. The van der Waals surface area contributed by atoms with Crippen LogP contribution in [-0.4, -0.2) is 32.6 Å². The van der Waals surface area contributed by atoms with Gasteiger partial charge in [-0.25, -0.2) is 0 Å². The molecule has 23 heavy (non-hydrogen) atoms. The Morgan fingerprint density at radius 1 is 0.739 bits per heavy atom. The Bertz CT molecular complexity index is 606. The summed E-state index contributed by atoms with van der Waals surface area (Å²) in [6.45, 7) is 3.27. The Kier molecular flexibility index (Phi) is 5.60. The normalized spacial score (nSPS) is 16.4. The second-order valence-corrected chi connectivity index (χ2v) is 5.61. The highest BCUT2D eigenvalue weighted by Gasteiger charge is 2.19. The van der Waals surface area contributed by atoms with Crippen LogP contribution in [0.15, 0.2) is 48.5 Å². The molecule has 0 bridgehead atoms. The van der Waals surface area contributed by atoms with E-state index in [2.05, 4.69) is 0 Å². The summed E-state index contributed by atoms with van der Waals surface area (Å²) in [7, 11) is 0. The topological polar surface area (TPSA) is 90.2 Å². The van der Waals surface area contributed by atoms with Crippen LogP contribution < -0.4 is 4.74 Å². The summed E-state index contributed by atoms with van der Waals surface area (Å²) in [6, 6.07) is 13.0. The number of phenolic OH excluding ortho intramolecular Hbond substituents is 1. The van der Waals surface area contributed by atoms with E-state index in [0.717, 1.165) is 0 Å². The lowest BCUT2D eigenvalue weighted by Crippen LogP contribution is -2.21. The Morgan fingerprint density at radius 3 is 1.74 bits per heavy atom. The highest BCUT2D eigenvalue weighted by Crippen LogP contribution is 2.25. The molecule has 4 N–H and O–H groups in total. The van der Waals surface area contributed by atoms with Crippen molar-refractivity contribution < 1.29 is 25.2 Å². The van der Waals surface area contributed by atoms with Crippen LogP contribution in [0.4, 0.5) is 0 Å². The van der Waals surface area contributed by atoms with Crippen molar-refractivity contribution in [2.45, 2.75) is 38.3 Å². The van der Waals surface area contributed by atoms with Gasteiger partial charge in [0.15, 0.2) is 0 Å². The molecule has 5 heteroatoms. The van der Waals surface area contributed by atoms with Crippen molar-refractivity contribution >= 4 is 0 Å². The molecule has 124 valence electrons. The van der Waals surface area contributed by atoms with E-state index in [1.54, 1.807) is 43.3 Å². The molecule has 0 aromatic heterocycles. The average Bonchev–Trinajstić information content (AvgIpc) is 2.54. The van der Waals surface area contributed by atoms with E-state index in [1.807, 2.05) is 0 Å². The number of hydrogen-bond acceptors (Lipinski definition) is 5. The van der Waals surface area contributed by atoms with Gasteiger partial charge in [0.25, 0.3) is 0 Å². The predicted molar refractivity (Wildman–Crippen MR) is 86.2 cm³/mol. The standard InChI is InChI=1S/C18H22O5/c1-11(19)17(21)13-5-9-16(10-6-13)23-12(2)18(22)14-3-7-15(20)8-4-14/h3-12,17-22H,1-2H3/t11-,12-,17+,18-/m0/s1. The summed E-state index contributed by atoms with van der Waals surface area (Å²) >= 11 is 0. The maximum absolute atomic E-state index is 10.3. The van der Waals surface area contributed by atoms with Gasteiger partial charge in [0.2, 0.25) is 0 Å². The lowest BCUT2D eigenvalue weighted by atomic mass is 10.0. The third kappa shape index (κ3) is 4.45. The van der Waals surface area contributed by atoms with Gasteiger partial charge in [-0.05, 0) is 49.2 Å². The van der Waals surface area contributed by atoms with Crippen LogP contribution in [0.3, 0.4) is 0 Å². The van der Waals surface area contributed by atoms with Gasteiger partial charge < -0.3 is 25.2 Å². The summed E-state index contributed by atoms with van der Waals surface area (Å²) in [4.78, 5) is 0. The lowest BCUT2D eigenvalue weighted by Gasteiger charge is -2.21. The maximum atomic E-state index is 10.3. The number of hydrogen-bond donors (Lipinski definition) is 4. The van der Waals surface area contributed by atoms with Crippen LogP contribution >= 0.6 is 0 Å². The van der Waals surface area contributed by atoms with E-state index in [0.29, 0.717) is 16.9 Å². The van der Waals surface area contributed by atoms with Crippen molar-refractivity contribution in [1.29, 1.82) is 0 Å². The number of benzene rings is 2. The second-order valence-electron chi connectivity index (χ2n) is 5.61. The minimum absolute atomic E-state index is 0.141. The molecule has 4 atom stereocenters. The van der Waals surface area contributed by atoms with Crippen molar-refractivity contribution in [3.8, 4) is 11.5 Å². The molecule has 2 rings (SSSR count). The van der Waals surface area contributed by atoms with Gasteiger partial charge in [-0.15, -0.1) is 0 Å². The zero-order chi connectivity index (χ0) is 17.0. The van der Waals surface area contributed by atoms with Crippen LogP contribution in [0.5, 0.6) is 11.5 Å². The van der Waals surface area contributed by atoms with Gasteiger partial charge in [0, 0.05) is 0 Å². The van der Waals surface area contributed by atoms with Gasteiger partial charge in [-0.2, -0.15) is 0 Å². The molecular weight excluding hydrogens is 296 g/mol. The summed E-state index contributed by atoms with van der Waals surface area (Å²) in [5.74, 6) is 0.693. The number of aliphatic hydroxyl groups excluding tert-OH is 3. The minimum Gasteiger partial charge on any atom is -0.508 e. The molecule has 0 amide bonds. The van der Waals surface area contributed by atoms with E-state index in [-0.39, 0.29) is 5.75 Å².